The molecule has 1 unspecified atom stereocenters. The Bertz CT molecular complexity index is 716. The van der Waals surface area contributed by atoms with Gasteiger partial charge in [0, 0.05) is 12.3 Å². The molecule has 118 valence electrons. The number of amides is 1. The molecule has 8 nitrogen and oxygen atoms in total. The van der Waals surface area contributed by atoms with Crippen LogP contribution in [0, 0.1) is 17.2 Å². The molecule has 2 rings (SSSR count). The van der Waals surface area contributed by atoms with Crippen LogP contribution in [0.25, 0.3) is 0 Å². The number of anilines is 1. The minimum Gasteiger partial charge on any atom is -0.464 e. The molecule has 1 atom stereocenters. The topological polar surface area (TPSA) is 116 Å². The van der Waals surface area contributed by atoms with Crippen LogP contribution in [0.3, 0.4) is 0 Å². The normalized spacial score (nSPS) is 17.6. The largest absolute Gasteiger partial charge is 0.464 e. The molecule has 0 radical (unpaired) electrons. The lowest BCUT2D eigenvalue weighted by atomic mass is 9.94. The van der Waals surface area contributed by atoms with Crippen LogP contribution in [-0.2, 0) is 14.3 Å². The Hall–Kier alpha value is -3.21. The fraction of sp³-hybridized carbons (Fsp3) is 0.267. The van der Waals surface area contributed by atoms with E-state index < -0.39 is 5.97 Å². The Labute approximate surface area is 132 Å². The van der Waals surface area contributed by atoms with E-state index in [-0.39, 0.29) is 17.5 Å². The van der Waals surface area contributed by atoms with Gasteiger partial charge in [-0.3, -0.25) is 10.2 Å². The van der Waals surface area contributed by atoms with Crippen LogP contribution < -0.4 is 10.9 Å². The number of hydrazone groups is 2. The summed E-state index contributed by atoms with van der Waals surface area (Å²) < 4.78 is 4.43. The maximum atomic E-state index is 11.3. The molecular formula is C15H15N5O3. The number of hydrogen-bond donors (Lipinski definition) is 2. The van der Waals surface area contributed by atoms with Crippen LogP contribution in [0.2, 0.25) is 0 Å². The minimum atomic E-state index is -0.808. The molecule has 0 saturated heterocycles. The van der Waals surface area contributed by atoms with E-state index in [0.717, 1.165) is 11.3 Å². The molecule has 1 aromatic carbocycles. The number of nitriles is 1. The summed E-state index contributed by atoms with van der Waals surface area (Å²) in [4.78, 5) is 22.5. The predicted molar refractivity (Wildman–Crippen MR) is 83.6 cm³/mol. The fourth-order valence-electron chi connectivity index (χ4n) is 2.05. The quantitative estimate of drug-likeness (QED) is 0.489. The van der Waals surface area contributed by atoms with Crippen molar-refractivity contribution in [3.63, 3.8) is 0 Å². The van der Waals surface area contributed by atoms with E-state index in [1.807, 2.05) is 19.1 Å². The Morgan fingerprint density at radius 1 is 1.48 bits per heavy atom. The van der Waals surface area contributed by atoms with Crippen LogP contribution in [-0.4, -0.2) is 30.4 Å². The summed E-state index contributed by atoms with van der Waals surface area (Å²) in [5.74, 6) is -0.872. The molecule has 1 aliphatic heterocycles. The second-order valence-corrected chi connectivity index (χ2v) is 4.89. The third-order valence-corrected chi connectivity index (χ3v) is 3.22. The summed E-state index contributed by atoms with van der Waals surface area (Å²) in [5, 5.41) is 16.6. The number of methoxy groups -OCH3 is 1. The van der Waals surface area contributed by atoms with Gasteiger partial charge in [0.2, 0.25) is 11.6 Å². The first-order valence-electron chi connectivity index (χ1n) is 6.84. The molecule has 0 bridgehead atoms. The van der Waals surface area contributed by atoms with Gasteiger partial charge in [0.1, 0.15) is 6.07 Å². The summed E-state index contributed by atoms with van der Waals surface area (Å²) in [6.45, 7) is 1.93. The molecule has 8 heteroatoms. The molecule has 0 spiro atoms. The number of ether oxygens (including phenoxy) is 1. The van der Waals surface area contributed by atoms with E-state index in [4.69, 9.17) is 5.26 Å². The number of nitrogens with zero attached hydrogens (tertiary/aromatic N) is 3. The van der Waals surface area contributed by atoms with Gasteiger partial charge in [-0.2, -0.15) is 15.5 Å². The van der Waals surface area contributed by atoms with Crippen molar-refractivity contribution in [3.05, 3.63) is 29.8 Å². The van der Waals surface area contributed by atoms with E-state index in [2.05, 4.69) is 25.8 Å². The number of hydrogen-bond acceptors (Lipinski definition) is 7. The smallest absolute Gasteiger partial charge is 0.369 e. The van der Waals surface area contributed by atoms with Gasteiger partial charge in [-0.25, -0.2) is 10.2 Å². The molecule has 0 fully saturated rings. The average Bonchev–Trinajstić information content (AvgIpc) is 2.56. The summed E-state index contributed by atoms with van der Waals surface area (Å²) >= 11 is 0. The van der Waals surface area contributed by atoms with Gasteiger partial charge in [0.25, 0.3) is 0 Å². The van der Waals surface area contributed by atoms with Gasteiger partial charge < -0.3 is 4.74 Å². The highest BCUT2D eigenvalue weighted by molar-refractivity contribution is 6.43. The van der Waals surface area contributed by atoms with Gasteiger partial charge in [0.05, 0.1) is 18.5 Å². The number of benzene rings is 1. The van der Waals surface area contributed by atoms with Gasteiger partial charge in [-0.15, -0.1) is 0 Å². The first-order valence-corrected chi connectivity index (χ1v) is 6.84. The van der Waals surface area contributed by atoms with Crippen molar-refractivity contribution in [2.45, 2.75) is 13.3 Å². The molecule has 0 saturated carbocycles. The van der Waals surface area contributed by atoms with Gasteiger partial charge in [0.15, 0.2) is 0 Å². The average molecular weight is 313 g/mol. The van der Waals surface area contributed by atoms with Crippen molar-refractivity contribution in [1.82, 2.24) is 5.43 Å². The fourth-order valence-corrected chi connectivity index (χ4v) is 2.05. The Morgan fingerprint density at radius 3 is 2.74 bits per heavy atom. The van der Waals surface area contributed by atoms with Crippen LogP contribution in [0.5, 0.6) is 0 Å². The van der Waals surface area contributed by atoms with Gasteiger partial charge in [-0.05, 0) is 17.7 Å². The van der Waals surface area contributed by atoms with Gasteiger partial charge >= 0.3 is 5.97 Å². The highest BCUT2D eigenvalue weighted by atomic mass is 16.5. The number of carbonyl (C=O) groups is 2. The van der Waals surface area contributed by atoms with Crippen LogP contribution in [0.4, 0.5) is 5.69 Å². The summed E-state index contributed by atoms with van der Waals surface area (Å²) in [7, 11) is 1.18. The van der Waals surface area contributed by atoms with E-state index in [0.29, 0.717) is 12.1 Å². The van der Waals surface area contributed by atoms with Crippen LogP contribution in [0.15, 0.2) is 34.5 Å². The molecule has 1 aliphatic rings. The van der Waals surface area contributed by atoms with E-state index >= 15 is 0 Å². The van der Waals surface area contributed by atoms with E-state index in [1.165, 1.54) is 7.11 Å². The van der Waals surface area contributed by atoms with Crippen molar-refractivity contribution in [1.29, 1.82) is 5.26 Å². The number of carbonyl (C=O) groups excluding carboxylic acids is 2. The highest BCUT2D eigenvalue weighted by Gasteiger charge is 2.21. The molecule has 0 aliphatic carbocycles. The molecule has 1 aromatic rings. The lowest BCUT2D eigenvalue weighted by molar-refractivity contribution is -0.132. The number of rotatable bonds is 4. The molecule has 2 N–H and O–H groups in total. The number of esters is 1. The highest BCUT2D eigenvalue weighted by Crippen LogP contribution is 2.18. The van der Waals surface area contributed by atoms with Crippen molar-refractivity contribution >= 4 is 29.0 Å². The van der Waals surface area contributed by atoms with Crippen molar-refractivity contribution in [3.8, 4) is 6.07 Å². The SMILES string of the molecule is COC(=O)C(C#N)=NNc1ccc(C2=NNC(=O)CC2C)cc1. The standard InChI is InChI=1S/C15H15N5O3/c1-9-7-13(21)19-20-14(9)10-3-5-11(6-4-10)17-18-12(8-16)15(22)23-2/h3-6,9,17H,7H2,1-2H3,(H,19,21). The van der Waals surface area contributed by atoms with Gasteiger partial charge in [-0.1, -0.05) is 19.1 Å². The monoisotopic (exact) mass is 313 g/mol. The minimum absolute atomic E-state index is 0.0325. The Balaban J connectivity index is 2.11. The lowest BCUT2D eigenvalue weighted by Gasteiger charge is -2.19. The Kier molecular flexibility index (Phi) is 5.04. The molecular weight excluding hydrogens is 298 g/mol. The molecule has 23 heavy (non-hydrogen) atoms. The molecule has 1 heterocycles. The maximum Gasteiger partial charge on any atom is 0.369 e. The van der Waals surface area contributed by atoms with Crippen molar-refractivity contribution < 1.29 is 14.3 Å². The van der Waals surface area contributed by atoms with E-state index in [1.54, 1.807) is 18.2 Å². The zero-order valence-electron chi connectivity index (χ0n) is 12.7. The van der Waals surface area contributed by atoms with Crippen LogP contribution >= 0.6 is 0 Å². The zero-order valence-corrected chi connectivity index (χ0v) is 12.7. The van der Waals surface area contributed by atoms with Crippen LogP contribution in [0.1, 0.15) is 18.9 Å². The molecule has 0 aromatic heterocycles. The second kappa shape index (κ2) is 7.17. The third-order valence-electron chi connectivity index (χ3n) is 3.22. The third kappa shape index (κ3) is 3.91. The summed E-state index contributed by atoms with van der Waals surface area (Å²) in [6, 6.07) is 8.74. The predicted octanol–water partition coefficient (Wildman–Crippen LogP) is 1.01. The van der Waals surface area contributed by atoms with Crippen molar-refractivity contribution in [2.75, 3.05) is 12.5 Å². The summed E-state index contributed by atoms with van der Waals surface area (Å²) in [6.07, 6.45) is 0.397. The first-order chi connectivity index (χ1) is 11.0. The Morgan fingerprint density at radius 2 is 2.17 bits per heavy atom. The summed E-state index contributed by atoms with van der Waals surface area (Å²) in [5.41, 5.74) is 6.98. The maximum absolute atomic E-state index is 11.3. The van der Waals surface area contributed by atoms with E-state index in [9.17, 15) is 9.59 Å². The lowest BCUT2D eigenvalue weighted by Crippen LogP contribution is -2.31. The molecule has 1 amide bonds. The van der Waals surface area contributed by atoms with Crippen molar-refractivity contribution in [2.24, 2.45) is 16.1 Å². The number of nitrogens with one attached hydrogen (secondary N) is 2. The zero-order chi connectivity index (χ0) is 16.8. The second-order valence-electron chi connectivity index (χ2n) is 4.89. The first kappa shape index (κ1) is 16.2.